The van der Waals surface area contributed by atoms with Crippen molar-refractivity contribution >= 4 is 59.1 Å². The lowest BCUT2D eigenvalue weighted by Crippen LogP contribution is -2.65. The molecule has 0 unspecified atom stereocenters. The van der Waals surface area contributed by atoms with Gasteiger partial charge < -0.3 is 5.11 Å². The Balaban J connectivity index is 0.00000196. The van der Waals surface area contributed by atoms with Crippen molar-refractivity contribution in [3.05, 3.63) is 65.2 Å². The number of thioether (sulfide) groups is 1. The van der Waals surface area contributed by atoms with Crippen molar-refractivity contribution in [1.82, 2.24) is 9.80 Å². The highest BCUT2D eigenvalue weighted by atomic mass is 35.5. The lowest BCUT2D eigenvalue weighted by molar-refractivity contribution is -0.360. The van der Waals surface area contributed by atoms with Crippen LogP contribution in [0, 0.1) is 0 Å². The van der Waals surface area contributed by atoms with Crippen LogP contribution in [-0.4, -0.2) is 58.6 Å². The van der Waals surface area contributed by atoms with E-state index >= 15 is 0 Å². The van der Waals surface area contributed by atoms with Crippen LogP contribution < -0.4 is 4.99 Å². The molecule has 28 heavy (non-hydrogen) atoms. The second-order valence-corrected chi connectivity index (χ2v) is 7.91. The molecule has 2 N–H and O–H groups in total. The fourth-order valence-corrected chi connectivity index (χ4v) is 3.83. The third-order valence-corrected chi connectivity index (χ3v) is 5.47. The van der Waals surface area contributed by atoms with Crippen LogP contribution in [0.2, 0.25) is 5.02 Å². The molecule has 0 radical (unpaired) electrons. The quantitative estimate of drug-likeness (QED) is 0.509. The number of nitrogens with one attached hydrogen (secondary N) is 1. The minimum Gasteiger partial charge on any atom is -0.455 e. The zero-order valence-corrected chi connectivity index (χ0v) is 18.8. The van der Waals surface area contributed by atoms with Crippen LogP contribution in [0.25, 0.3) is 0 Å². The Morgan fingerprint density at radius 1 is 0.929 bits per heavy atom. The molecule has 0 bridgehead atoms. The Morgan fingerprint density at radius 2 is 1.54 bits per heavy atom. The molecule has 0 spiro atoms. The van der Waals surface area contributed by atoms with E-state index in [1.807, 2.05) is 42.5 Å². The molecule has 0 aliphatic carbocycles. The molecule has 0 amide bonds. The minimum absolute atomic E-state index is 0. The monoisotopic (exact) mass is 462 g/mol. The Hall–Kier alpha value is -0.950. The maximum absolute atomic E-state index is 9.99. The van der Waals surface area contributed by atoms with E-state index in [2.05, 4.69) is 26.9 Å². The van der Waals surface area contributed by atoms with Gasteiger partial charge in [-0.25, -0.2) is 0 Å². The Kier molecular flexibility index (Phi) is 11.9. The maximum Gasteiger partial charge on any atom is 0.402 e. The lowest BCUT2D eigenvalue weighted by Gasteiger charge is -2.34. The van der Waals surface area contributed by atoms with Crippen molar-refractivity contribution in [2.24, 2.45) is 0 Å². The number of aliphatic hydroxyl groups is 1. The molecule has 1 saturated heterocycles. The average molecular weight is 464 g/mol. The van der Waals surface area contributed by atoms with E-state index in [0.29, 0.717) is 0 Å². The van der Waals surface area contributed by atoms with E-state index in [1.165, 1.54) is 17.3 Å². The number of aliphatic hydroxyl groups excluding tert-OH is 1. The van der Waals surface area contributed by atoms with Gasteiger partial charge in [0.2, 0.25) is 5.69 Å². The van der Waals surface area contributed by atoms with Gasteiger partial charge in [-0.05, 0) is 29.5 Å². The number of hydrogen-bond acceptors (Lipinski definition) is 3. The summed E-state index contributed by atoms with van der Waals surface area (Å²) >= 11 is 7.41. The van der Waals surface area contributed by atoms with Crippen molar-refractivity contribution < 1.29 is 10.1 Å². The molecule has 8 heteroatoms. The van der Waals surface area contributed by atoms with Gasteiger partial charge in [-0.1, -0.05) is 41.9 Å². The fraction of sp³-hybridized carbons (Fsp3) is 0.350. The van der Waals surface area contributed by atoms with E-state index in [0.717, 1.165) is 55.7 Å². The second kappa shape index (κ2) is 13.3. The van der Waals surface area contributed by atoms with Gasteiger partial charge in [0.15, 0.2) is 0 Å². The summed E-state index contributed by atoms with van der Waals surface area (Å²) in [7, 11) is 0. The SMILES string of the molecule is Cl.Cl.OC(=[NH+]c1ccccc1)SCCN1CCN(Cc2ccc(Cl)cc2)CC1. The molecule has 0 saturated carbocycles. The lowest BCUT2D eigenvalue weighted by atomic mass is 10.2. The zero-order chi connectivity index (χ0) is 18.2. The molecule has 0 aromatic heterocycles. The molecule has 4 nitrogen and oxygen atoms in total. The highest BCUT2D eigenvalue weighted by Crippen LogP contribution is 2.13. The average Bonchev–Trinajstić information content (AvgIpc) is 2.66. The minimum atomic E-state index is 0. The van der Waals surface area contributed by atoms with Crippen LogP contribution in [0.1, 0.15) is 5.56 Å². The Bertz CT molecular complexity index is 708. The molecule has 0 atom stereocenters. The van der Waals surface area contributed by atoms with Gasteiger partial charge in [-0.2, -0.15) is 4.99 Å². The predicted molar refractivity (Wildman–Crippen MR) is 125 cm³/mol. The van der Waals surface area contributed by atoms with Gasteiger partial charge in [0.1, 0.15) is 0 Å². The van der Waals surface area contributed by atoms with Gasteiger partial charge in [0, 0.05) is 62.2 Å². The van der Waals surface area contributed by atoms with Crippen molar-refractivity contribution in [3.63, 3.8) is 0 Å². The molecule has 2 aromatic rings. The van der Waals surface area contributed by atoms with E-state index in [4.69, 9.17) is 11.6 Å². The molecule has 1 heterocycles. The van der Waals surface area contributed by atoms with Crippen LogP contribution in [0.4, 0.5) is 5.69 Å². The molecule has 154 valence electrons. The summed E-state index contributed by atoms with van der Waals surface area (Å²) in [4.78, 5) is 7.96. The second-order valence-electron chi connectivity index (χ2n) is 6.39. The summed E-state index contributed by atoms with van der Waals surface area (Å²) < 4.78 is 0. The van der Waals surface area contributed by atoms with E-state index in [9.17, 15) is 5.11 Å². The van der Waals surface area contributed by atoms with Gasteiger partial charge in [0.25, 0.3) is 0 Å². The molecule has 1 aliphatic heterocycles. The van der Waals surface area contributed by atoms with Crippen LogP contribution in [0.3, 0.4) is 0 Å². The van der Waals surface area contributed by atoms with Crippen LogP contribution in [0.5, 0.6) is 0 Å². The molecule has 3 rings (SSSR count). The van der Waals surface area contributed by atoms with Crippen molar-refractivity contribution in [2.75, 3.05) is 38.5 Å². The normalized spacial score (nSPS) is 15.5. The van der Waals surface area contributed by atoms with Crippen LogP contribution >= 0.6 is 48.2 Å². The highest BCUT2D eigenvalue weighted by Gasteiger charge is 2.17. The zero-order valence-electron chi connectivity index (χ0n) is 15.6. The van der Waals surface area contributed by atoms with Gasteiger partial charge in [-0.15, -0.1) is 24.8 Å². The largest absolute Gasteiger partial charge is 0.455 e. The number of benzene rings is 2. The Labute approximate surface area is 188 Å². The fourth-order valence-electron chi connectivity index (χ4n) is 2.97. The van der Waals surface area contributed by atoms with Gasteiger partial charge >= 0.3 is 5.23 Å². The Morgan fingerprint density at radius 3 is 2.18 bits per heavy atom. The van der Waals surface area contributed by atoms with Gasteiger partial charge in [-0.3, -0.25) is 9.80 Å². The third-order valence-electron chi connectivity index (χ3n) is 4.46. The molecule has 2 aromatic carbocycles. The summed E-state index contributed by atoms with van der Waals surface area (Å²) in [6.45, 7) is 6.26. The number of rotatable bonds is 6. The molecular formula is C20H27Cl3N3OS+. The van der Waals surface area contributed by atoms with Crippen molar-refractivity contribution in [1.29, 1.82) is 0 Å². The van der Waals surface area contributed by atoms with Crippen LogP contribution in [-0.2, 0) is 6.54 Å². The maximum atomic E-state index is 9.99. The summed E-state index contributed by atoms with van der Waals surface area (Å²) in [5.41, 5.74) is 2.22. The first-order valence-corrected chi connectivity index (χ1v) is 10.3. The summed E-state index contributed by atoms with van der Waals surface area (Å²) in [5, 5.41) is 11.0. The molecular weight excluding hydrogens is 437 g/mol. The standard InChI is InChI=1S/C20H24ClN3OS.2ClH/c21-18-8-6-17(7-9-18)16-24-12-10-23(11-13-24)14-15-26-20(25)22-19-4-2-1-3-5-19;;/h1-9H,10-16H2,(H,22,25);2*1H/p+1. The number of halogens is 3. The van der Waals surface area contributed by atoms with Crippen LogP contribution in [0.15, 0.2) is 54.6 Å². The summed E-state index contributed by atoms with van der Waals surface area (Å²) in [5.74, 6) is 0.878. The topological polar surface area (TPSA) is 40.7 Å². The number of piperazine rings is 1. The third kappa shape index (κ3) is 8.60. The van der Waals surface area contributed by atoms with Gasteiger partial charge in [0.05, 0.1) is 0 Å². The summed E-state index contributed by atoms with van der Waals surface area (Å²) in [6, 6.07) is 17.9. The van der Waals surface area contributed by atoms with Crippen molar-refractivity contribution in [2.45, 2.75) is 6.54 Å². The first-order chi connectivity index (χ1) is 12.7. The van der Waals surface area contributed by atoms with E-state index < -0.39 is 0 Å². The predicted octanol–water partition coefficient (Wildman–Crippen LogP) is 3.36. The van der Waals surface area contributed by atoms with Crippen molar-refractivity contribution in [3.8, 4) is 0 Å². The smallest absolute Gasteiger partial charge is 0.402 e. The van der Waals surface area contributed by atoms with E-state index in [-0.39, 0.29) is 30.0 Å². The highest BCUT2D eigenvalue weighted by molar-refractivity contribution is 8.13. The number of hydrogen-bond donors (Lipinski definition) is 2. The first-order valence-electron chi connectivity index (χ1n) is 8.89. The first kappa shape index (κ1) is 25.1. The molecule has 1 fully saturated rings. The summed E-state index contributed by atoms with van der Waals surface area (Å²) in [6.07, 6.45) is 0. The number of para-hydroxylation sites is 1. The molecule has 1 aliphatic rings. The number of nitrogens with zero attached hydrogens (tertiary/aromatic N) is 2. The van der Waals surface area contributed by atoms with E-state index in [1.54, 1.807) is 0 Å².